The molecule has 1 aliphatic carbocycles. The zero-order valence-corrected chi connectivity index (χ0v) is 6.03. The molecule has 0 aromatic heterocycles. The Kier molecular flexibility index (Phi) is 2.45. The molecular weight excluding hydrogens is 168 g/mol. The fourth-order valence-corrected chi connectivity index (χ4v) is 1.09. The van der Waals surface area contributed by atoms with Crippen LogP contribution in [0.5, 0.6) is 0 Å². The van der Waals surface area contributed by atoms with E-state index >= 15 is 0 Å². The highest BCUT2D eigenvalue weighted by Crippen LogP contribution is 2.17. The molecule has 0 heterocycles. The van der Waals surface area contributed by atoms with Gasteiger partial charge in [0.25, 0.3) is 0 Å². The first-order valence-electron chi connectivity index (χ1n) is 3.41. The second-order valence-electron chi connectivity index (χ2n) is 2.76. The minimum absolute atomic E-state index is 1.08. The van der Waals surface area contributed by atoms with Crippen molar-refractivity contribution in [3.8, 4) is 0 Å². The Bertz CT molecular complexity index is 174. The molecule has 0 amide bonds. The molecule has 0 aromatic rings. The standard InChI is InChI=1S/C6H10O6/c7-1-2(8)4(10)6(12)5(11)3(1)9/h1-5,7-11H/t1?,2-,3?,4?,5+/m0/s1. The molecule has 12 heavy (non-hydrogen) atoms. The summed E-state index contributed by atoms with van der Waals surface area (Å²) in [6.45, 7) is 0. The van der Waals surface area contributed by atoms with Crippen molar-refractivity contribution in [3.63, 3.8) is 0 Å². The summed E-state index contributed by atoms with van der Waals surface area (Å²) >= 11 is 0. The van der Waals surface area contributed by atoms with Gasteiger partial charge in [0.05, 0.1) is 0 Å². The van der Waals surface area contributed by atoms with Crippen molar-refractivity contribution in [1.82, 2.24) is 0 Å². The fraction of sp³-hybridized carbons (Fsp3) is 0.833. The topological polar surface area (TPSA) is 118 Å². The Labute approximate surface area is 67.7 Å². The monoisotopic (exact) mass is 178 g/mol. The number of aliphatic hydroxyl groups excluding tert-OH is 5. The number of aliphatic hydroxyl groups is 5. The van der Waals surface area contributed by atoms with Crippen molar-refractivity contribution >= 4 is 5.78 Å². The van der Waals surface area contributed by atoms with Gasteiger partial charge in [-0.1, -0.05) is 0 Å². The third-order valence-corrected chi connectivity index (χ3v) is 1.93. The predicted octanol–water partition coefficient (Wildman–Crippen LogP) is -3.63. The molecule has 5 N–H and O–H groups in total. The highest BCUT2D eigenvalue weighted by Gasteiger charge is 2.47. The molecule has 1 aliphatic rings. The number of rotatable bonds is 0. The van der Waals surface area contributed by atoms with E-state index in [2.05, 4.69) is 0 Å². The van der Waals surface area contributed by atoms with Crippen LogP contribution in [-0.2, 0) is 4.79 Å². The lowest BCUT2D eigenvalue weighted by Gasteiger charge is -2.34. The number of hydrogen-bond donors (Lipinski definition) is 5. The Morgan fingerprint density at radius 1 is 0.750 bits per heavy atom. The van der Waals surface area contributed by atoms with Gasteiger partial charge in [-0.2, -0.15) is 0 Å². The number of carbonyl (C=O) groups excluding carboxylic acids is 1. The van der Waals surface area contributed by atoms with Crippen LogP contribution in [0.4, 0.5) is 0 Å². The Morgan fingerprint density at radius 3 is 1.42 bits per heavy atom. The van der Waals surface area contributed by atoms with Crippen molar-refractivity contribution in [2.75, 3.05) is 0 Å². The second-order valence-corrected chi connectivity index (χ2v) is 2.76. The summed E-state index contributed by atoms with van der Waals surface area (Å²) < 4.78 is 0. The molecule has 0 saturated heterocycles. The quantitative estimate of drug-likeness (QED) is 0.261. The molecule has 6 heteroatoms. The van der Waals surface area contributed by atoms with Gasteiger partial charge in [0.2, 0.25) is 0 Å². The summed E-state index contributed by atoms with van der Waals surface area (Å²) in [5, 5.41) is 44.5. The van der Waals surface area contributed by atoms with Crippen LogP contribution in [0, 0.1) is 0 Å². The van der Waals surface area contributed by atoms with Gasteiger partial charge in [0.1, 0.15) is 30.5 Å². The van der Waals surface area contributed by atoms with E-state index in [0.717, 1.165) is 0 Å². The van der Waals surface area contributed by atoms with E-state index in [4.69, 9.17) is 25.5 Å². The average Bonchev–Trinajstić information content (AvgIpc) is 2.08. The van der Waals surface area contributed by atoms with E-state index in [0.29, 0.717) is 0 Å². The maximum absolute atomic E-state index is 10.8. The minimum Gasteiger partial charge on any atom is -0.387 e. The lowest BCUT2D eigenvalue weighted by atomic mass is 9.86. The second kappa shape index (κ2) is 3.08. The van der Waals surface area contributed by atoms with Gasteiger partial charge < -0.3 is 25.5 Å². The average molecular weight is 178 g/mol. The van der Waals surface area contributed by atoms with Crippen molar-refractivity contribution in [1.29, 1.82) is 0 Å². The molecule has 0 aliphatic heterocycles. The van der Waals surface area contributed by atoms with Gasteiger partial charge in [0.15, 0.2) is 5.78 Å². The highest BCUT2D eigenvalue weighted by atomic mass is 16.4. The maximum atomic E-state index is 10.8. The highest BCUT2D eigenvalue weighted by molar-refractivity contribution is 5.89. The normalized spacial score (nSPS) is 49.4. The largest absolute Gasteiger partial charge is 0.387 e. The lowest BCUT2D eigenvalue weighted by Crippen LogP contribution is -2.61. The predicted molar refractivity (Wildman–Crippen MR) is 35.0 cm³/mol. The van der Waals surface area contributed by atoms with Gasteiger partial charge in [-0.25, -0.2) is 0 Å². The first kappa shape index (κ1) is 9.56. The molecule has 1 fully saturated rings. The smallest absolute Gasteiger partial charge is 0.195 e. The Balaban J connectivity index is 2.83. The third kappa shape index (κ3) is 1.23. The van der Waals surface area contributed by atoms with Crippen LogP contribution >= 0.6 is 0 Å². The molecule has 6 nitrogen and oxygen atoms in total. The molecule has 1 saturated carbocycles. The SMILES string of the molecule is O=C1C(O)[C@@H](O)C(O)C(O)[C@H]1O. The zero-order valence-electron chi connectivity index (χ0n) is 6.03. The van der Waals surface area contributed by atoms with Gasteiger partial charge >= 0.3 is 0 Å². The van der Waals surface area contributed by atoms with E-state index < -0.39 is 36.3 Å². The van der Waals surface area contributed by atoms with E-state index in [9.17, 15) is 4.79 Å². The molecule has 5 atom stereocenters. The number of ketones is 1. The van der Waals surface area contributed by atoms with E-state index in [-0.39, 0.29) is 0 Å². The number of Topliss-reactive ketones (excluding diaryl/α,β-unsaturated/α-hetero) is 1. The van der Waals surface area contributed by atoms with Crippen LogP contribution in [0.15, 0.2) is 0 Å². The van der Waals surface area contributed by atoms with Crippen molar-refractivity contribution in [3.05, 3.63) is 0 Å². The first-order chi connectivity index (χ1) is 5.46. The van der Waals surface area contributed by atoms with E-state index in [1.165, 1.54) is 0 Å². The number of hydrogen-bond acceptors (Lipinski definition) is 6. The third-order valence-electron chi connectivity index (χ3n) is 1.93. The van der Waals surface area contributed by atoms with Crippen molar-refractivity contribution in [2.45, 2.75) is 30.5 Å². The van der Waals surface area contributed by atoms with Crippen molar-refractivity contribution in [2.24, 2.45) is 0 Å². The molecule has 1 rings (SSSR count). The van der Waals surface area contributed by atoms with Crippen LogP contribution in [0.1, 0.15) is 0 Å². The van der Waals surface area contributed by atoms with Crippen LogP contribution < -0.4 is 0 Å². The Hall–Kier alpha value is -0.530. The summed E-state index contributed by atoms with van der Waals surface area (Å²) in [6.07, 6.45) is -8.85. The molecular formula is C6H10O6. The van der Waals surface area contributed by atoms with Crippen molar-refractivity contribution < 1.29 is 30.3 Å². The van der Waals surface area contributed by atoms with Crippen LogP contribution in [-0.4, -0.2) is 61.8 Å². The van der Waals surface area contributed by atoms with E-state index in [1.54, 1.807) is 0 Å². The van der Waals surface area contributed by atoms with Gasteiger partial charge in [0, 0.05) is 0 Å². The first-order valence-corrected chi connectivity index (χ1v) is 3.41. The van der Waals surface area contributed by atoms with Gasteiger partial charge in [-0.05, 0) is 0 Å². The molecule has 3 unspecified atom stereocenters. The summed E-state index contributed by atoms with van der Waals surface area (Å²) in [5.74, 6) is -1.08. The van der Waals surface area contributed by atoms with Gasteiger partial charge in [-0.3, -0.25) is 4.79 Å². The summed E-state index contributed by atoms with van der Waals surface area (Å²) in [6, 6.07) is 0. The van der Waals surface area contributed by atoms with Crippen LogP contribution in [0.3, 0.4) is 0 Å². The number of carbonyl (C=O) groups is 1. The van der Waals surface area contributed by atoms with Gasteiger partial charge in [-0.15, -0.1) is 0 Å². The van der Waals surface area contributed by atoms with E-state index in [1.807, 2.05) is 0 Å². The zero-order chi connectivity index (χ0) is 9.46. The molecule has 0 spiro atoms. The van der Waals surface area contributed by atoms with Crippen LogP contribution in [0.2, 0.25) is 0 Å². The summed E-state index contributed by atoms with van der Waals surface area (Å²) in [7, 11) is 0. The fourth-order valence-electron chi connectivity index (χ4n) is 1.09. The summed E-state index contributed by atoms with van der Waals surface area (Å²) in [4.78, 5) is 10.8. The lowest BCUT2D eigenvalue weighted by molar-refractivity contribution is -0.185. The molecule has 70 valence electrons. The maximum Gasteiger partial charge on any atom is 0.195 e. The van der Waals surface area contributed by atoms with Crippen LogP contribution in [0.25, 0.3) is 0 Å². The molecule has 0 radical (unpaired) electrons. The summed E-state index contributed by atoms with van der Waals surface area (Å²) in [5.41, 5.74) is 0. The molecule has 0 bridgehead atoms. The Morgan fingerprint density at radius 2 is 1.08 bits per heavy atom. The minimum atomic E-state index is -1.83. The molecule has 0 aromatic carbocycles.